The van der Waals surface area contributed by atoms with Crippen molar-refractivity contribution in [1.82, 2.24) is 0 Å². The Hall–Kier alpha value is -3.22. The Bertz CT molecular complexity index is 927. The van der Waals surface area contributed by atoms with Gasteiger partial charge in [0.2, 0.25) is 5.91 Å². The summed E-state index contributed by atoms with van der Waals surface area (Å²) in [5, 5.41) is 0. The second kappa shape index (κ2) is 9.32. The summed E-state index contributed by atoms with van der Waals surface area (Å²) in [6.07, 6.45) is 4.30. The minimum absolute atomic E-state index is 0.0553. The lowest BCUT2D eigenvalue weighted by Gasteiger charge is -2.16. The molecule has 29 heavy (non-hydrogen) atoms. The zero-order valence-corrected chi connectivity index (χ0v) is 15.9. The average Bonchev–Trinajstić information content (AvgIpc) is 3.13. The first-order chi connectivity index (χ1) is 14.0. The Morgan fingerprint density at radius 2 is 2.03 bits per heavy atom. The lowest BCUT2D eigenvalue weighted by atomic mass is 10.1. The quantitative estimate of drug-likeness (QED) is 0.475. The molecule has 1 fully saturated rings. The van der Waals surface area contributed by atoms with Gasteiger partial charge in [-0.05, 0) is 49.2 Å². The summed E-state index contributed by atoms with van der Waals surface area (Å²) in [4.78, 5) is 26.1. The molecule has 3 rings (SSSR count). The average molecular weight is 401 g/mol. The maximum atomic E-state index is 12.5. The number of rotatable bonds is 8. The Morgan fingerprint density at radius 1 is 1.21 bits per heavy atom. The molecule has 0 spiro atoms. The van der Waals surface area contributed by atoms with Gasteiger partial charge in [0, 0.05) is 24.2 Å². The highest BCUT2D eigenvalue weighted by Gasteiger charge is 2.22. The Morgan fingerprint density at radius 3 is 2.72 bits per heavy atom. The van der Waals surface area contributed by atoms with Crippen LogP contribution in [0.3, 0.4) is 0 Å². The number of amides is 1. The molecule has 0 bridgehead atoms. The number of allylic oxidation sites excluding steroid dienone is 1. The van der Waals surface area contributed by atoms with Crippen LogP contribution in [0.2, 0.25) is 0 Å². The van der Waals surface area contributed by atoms with Crippen molar-refractivity contribution in [1.29, 1.82) is 0 Å². The van der Waals surface area contributed by atoms with Crippen LogP contribution in [0.4, 0.5) is 14.5 Å². The highest BCUT2D eigenvalue weighted by atomic mass is 19.3. The van der Waals surface area contributed by atoms with Gasteiger partial charge in [0.25, 0.3) is 0 Å². The fraction of sp³-hybridized carbons (Fsp3) is 0.273. The van der Waals surface area contributed by atoms with Gasteiger partial charge >= 0.3 is 6.61 Å². The number of nitrogens with zero attached hydrogens (tertiary/aromatic N) is 1. The number of benzene rings is 2. The third-order valence-corrected chi connectivity index (χ3v) is 4.43. The maximum absolute atomic E-state index is 12.5. The molecule has 1 heterocycles. The van der Waals surface area contributed by atoms with E-state index in [9.17, 15) is 18.4 Å². The van der Waals surface area contributed by atoms with Gasteiger partial charge in [-0.15, -0.1) is 0 Å². The minimum atomic E-state index is -2.95. The van der Waals surface area contributed by atoms with Crippen LogP contribution in [0.1, 0.15) is 35.7 Å². The molecule has 7 heteroatoms. The number of halogens is 2. The first-order valence-electron chi connectivity index (χ1n) is 9.32. The van der Waals surface area contributed by atoms with E-state index in [0.717, 1.165) is 6.42 Å². The molecule has 1 saturated heterocycles. The SMILES string of the molecule is CCOc1cc(/C=C/C(=O)c2cccc(N3CCCC3=O)c2)ccc1OC(F)F. The van der Waals surface area contributed by atoms with Crippen LogP contribution in [0.25, 0.3) is 6.08 Å². The summed E-state index contributed by atoms with van der Waals surface area (Å²) in [5.41, 5.74) is 1.77. The van der Waals surface area contributed by atoms with Crippen molar-refractivity contribution in [2.24, 2.45) is 0 Å². The normalized spacial score (nSPS) is 14.1. The summed E-state index contributed by atoms with van der Waals surface area (Å²) in [7, 11) is 0. The van der Waals surface area contributed by atoms with Crippen molar-refractivity contribution >= 4 is 23.5 Å². The number of anilines is 1. The van der Waals surface area contributed by atoms with E-state index in [1.165, 1.54) is 18.2 Å². The third kappa shape index (κ3) is 5.19. The number of ether oxygens (including phenoxy) is 2. The van der Waals surface area contributed by atoms with Crippen molar-refractivity contribution < 1.29 is 27.8 Å². The molecule has 152 valence electrons. The Balaban J connectivity index is 1.76. The zero-order valence-electron chi connectivity index (χ0n) is 15.9. The van der Waals surface area contributed by atoms with Crippen LogP contribution in [0, 0.1) is 0 Å². The molecule has 1 amide bonds. The van der Waals surface area contributed by atoms with Gasteiger partial charge in [-0.25, -0.2) is 0 Å². The molecular formula is C22H21F2NO4. The molecule has 0 aliphatic carbocycles. The van der Waals surface area contributed by atoms with E-state index in [1.807, 2.05) is 0 Å². The molecule has 2 aromatic rings. The summed E-state index contributed by atoms with van der Waals surface area (Å²) >= 11 is 0. The molecule has 0 aromatic heterocycles. The standard InChI is InChI=1S/C22H21F2NO4/c1-2-28-20-13-15(9-11-19(20)29-22(23)24)8-10-18(26)16-5-3-6-17(14-16)25-12-4-7-21(25)27/h3,5-6,8-11,13-14,22H,2,4,7,12H2,1H3/b10-8+. The van der Waals surface area contributed by atoms with Crippen molar-refractivity contribution in [2.45, 2.75) is 26.4 Å². The summed E-state index contributed by atoms with van der Waals surface area (Å²) in [6, 6.07) is 11.4. The number of alkyl halides is 2. The van der Waals surface area contributed by atoms with Gasteiger partial charge in [0.1, 0.15) is 0 Å². The first kappa shape index (κ1) is 20.5. The van der Waals surface area contributed by atoms with Crippen molar-refractivity contribution in [3.63, 3.8) is 0 Å². The van der Waals surface area contributed by atoms with E-state index in [-0.39, 0.29) is 29.8 Å². The summed E-state index contributed by atoms with van der Waals surface area (Å²) in [6.45, 7) is -0.282. The lowest BCUT2D eigenvalue weighted by Crippen LogP contribution is -2.23. The first-order valence-corrected chi connectivity index (χ1v) is 9.32. The van der Waals surface area contributed by atoms with E-state index in [4.69, 9.17) is 4.74 Å². The highest BCUT2D eigenvalue weighted by molar-refractivity contribution is 6.08. The van der Waals surface area contributed by atoms with E-state index in [0.29, 0.717) is 29.8 Å². The van der Waals surface area contributed by atoms with E-state index in [1.54, 1.807) is 48.2 Å². The van der Waals surface area contributed by atoms with Crippen molar-refractivity contribution in [3.8, 4) is 11.5 Å². The lowest BCUT2D eigenvalue weighted by molar-refractivity contribution is -0.117. The van der Waals surface area contributed by atoms with Gasteiger partial charge in [-0.3, -0.25) is 9.59 Å². The molecular weight excluding hydrogens is 380 g/mol. The second-order valence-electron chi connectivity index (χ2n) is 6.41. The highest BCUT2D eigenvalue weighted by Crippen LogP contribution is 2.30. The Kier molecular flexibility index (Phi) is 6.59. The van der Waals surface area contributed by atoms with Gasteiger partial charge in [0.15, 0.2) is 17.3 Å². The van der Waals surface area contributed by atoms with Gasteiger partial charge < -0.3 is 14.4 Å². The molecule has 0 radical (unpaired) electrons. The predicted molar refractivity (Wildman–Crippen MR) is 106 cm³/mol. The molecule has 5 nitrogen and oxygen atoms in total. The van der Waals surface area contributed by atoms with Gasteiger partial charge in [-0.2, -0.15) is 8.78 Å². The largest absolute Gasteiger partial charge is 0.490 e. The van der Waals surface area contributed by atoms with Crippen molar-refractivity contribution in [2.75, 3.05) is 18.1 Å². The zero-order chi connectivity index (χ0) is 20.8. The Labute approximate surface area is 167 Å². The van der Waals surface area contributed by atoms with Crippen LogP contribution >= 0.6 is 0 Å². The second-order valence-corrected chi connectivity index (χ2v) is 6.41. The van der Waals surface area contributed by atoms with Gasteiger partial charge in [-0.1, -0.05) is 24.3 Å². The van der Waals surface area contributed by atoms with Gasteiger partial charge in [0.05, 0.1) is 6.61 Å². The summed E-state index contributed by atoms with van der Waals surface area (Å²) in [5.74, 6) is -0.0608. The van der Waals surface area contributed by atoms with Crippen LogP contribution in [0.15, 0.2) is 48.5 Å². The predicted octanol–water partition coefficient (Wildman–Crippen LogP) is 4.71. The van der Waals surface area contributed by atoms with Crippen LogP contribution < -0.4 is 14.4 Å². The number of carbonyl (C=O) groups is 2. The van der Waals surface area contributed by atoms with Crippen LogP contribution in [0.5, 0.6) is 11.5 Å². The number of hydrogen-bond donors (Lipinski definition) is 0. The smallest absolute Gasteiger partial charge is 0.387 e. The molecule has 2 aromatic carbocycles. The van der Waals surface area contributed by atoms with Crippen LogP contribution in [-0.4, -0.2) is 31.5 Å². The molecule has 0 atom stereocenters. The van der Waals surface area contributed by atoms with E-state index >= 15 is 0 Å². The molecule has 0 unspecified atom stereocenters. The number of carbonyl (C=O) groups excluding carboxylic acids is 2. The fourth-order valence-electron chi connectivity index (χ4n) is 3.11. The summed E-state index contributed by atoms with van der Waals surface area (Å²) < 4.78 is 34.8. The van der Waals surface area contributed by atoms with E-state index < -0.39 is 6.61 Å². The fourth-order valence-corrected chi connectivity index (χ4v) is 3.11. The van der Waals surface area contributed by atoms with Crippen molar-refractivity contribution in [3.05, 3.63) is 59.7 Å². The minimum Gasteiger partial charge on any atom is -0.490 e. The number of hydrogen-bond acceptors (Lipinski definition) is 4. The number of ketones is 1. The molecule has 1 aliphatic heterocycles. The molecule has 1 aliphatic rings. The molecule has 0 saturated carbocycles. The van der Waals surface area contributed by atoms with Crippen LogP contribution in [-0.2, 0) is 4.79 Å². The molecule has 0 N–H and O–H groups in total. The third-order valence-electron chi connectivity index (χ3n) is 4.43. The monoisotopic (exact) mass is 401 g/mol. The van der Waals surface area contributed by atoms with E-state index in [2.05, 4.69) is 4.74 Å². The maximum Gasteiger partial charge on any atom is 0.387 e. The topological polar surface area (TPSA) is 55.8 Å².